The van der Waals surface area contributed by atoms with Gasteiger partial charge < -0.3 is 10.1 Å². The minimum atomic E-state index is -4.50. The molecule has 9 heteroatoms. The van der Waals surface area contributed by atoms with Gasteiger partial charge >= 0.3 is 12.3 Å². The first kappa shape index (κ1) is 19.4. The zero-order valence-electron chi connectivity index (χ0n) is 14.4. The maximum Gasteiger partial charge on any atom is 0.417 e. The van der Waals surface area contributed by atoms with Crippen LogP contribution in [0, 0.1) is 0 Å². The summed E-state index contributed by atoms with van der Waals surface area (Å²) in [5.74, 6) is -1.17. The van der Waals surface area contributed by atoms with Gasteiger partial charge in [0.05, 0.1) is 18.2 Å². The smallest absolute Gasteiger partial charge is 0.417 e. The van der Waals surface area contributed by atoms with E-state index in [9.17, 15) is 27.6 Å². The first-order valence-electron chi connectivity index (χ1n) is 8.26. The van der Waals surface area contributed by atoms with E-state index < -0.39 is 35.7 Å². The maximum atomic E-state index is 12.7. The first-order chi connectivity index (χ1) is 13.3. The van der Waals surface area contributed by atoms with E-state index in [1.165, 1.54) is 0 Å². The van der Waals surface area contributed by atoms with Gasteiger partial charge in [-0.25, -0.2) is 9.69 Å². The second-order valence-electron chi connectivity index (χ2n) is 6.07. The minimum Gasteiger partial charge on any atom is -0.439 e. The number of rotatable bonds is 5. The van der Waals surface area contributed by atoms with Crippen LogP contribution in [0.3, 0.4) is 0 Å². The lowest BCUT2D eigenvalue weighted by Gasteiger charge is -2.23. The van der Waals surface area contributed by atoms with Gasteiger partial charge in [0.1, 0.15) is 0 Å². The Hall–Kier alpha value is -3.36. The molecule has 1 fully saturated rings. The summed E-state index contributed by atoms with van der Waals surface area (Å²) in [5, 5.41) is 2.65. The fraction of sp³-hybridized carbons (Fsp3) is 0.211. The highest BCUT2D eigenvalue weighted by atomic mass is 19.4. The van der Waals surface area contributed by atoms with Crippen molar-refractivity contribution in [3.8, 4) is 0 Å². The number of halogens is 3. The van der Waals surface area contributed by atoms with Crippen LogP contribution in [0.25, 0.3) is 0 Å². The van der Waals surface area contributed by atoms with Gasteiger partial charge in [-0.2, -0.15) is 13.2 Å². The van der Waals surface area contributed by atoms with Crippen molar-refractivity contribution in [1.82, 2.24) is 10.2 Å². The van der Waals surface area contributed by atoms with E-state index in [1.54, 1.807) is 30.3 Å². The summed E-state index contributed by atoms with van der Waals surface area (Å²) in [5.41, 5.74) is -0.228. The second kappa shape index (κ2) is 7.71. The molecule has 0 radical (unpaired) electrons. The number of ether oxygens (including phenoxy) is 1. The molecular formula is C19H15F3N2O4. The van der Waals surface area contributed by atoms with Gasteiger partial charge in [-0.05, 0) is 29.8 Å². The highest BCUT2D eigenvalue weighted by Crippen LogP contribution is 2.29. The molecule has 0 unspecified atom stereocenters. The Bertz CT molecular complexity index is 866. The van der Waals surface area contributed by atoms with Crippen molar-refractivity contribution < 1.29 is 32.3 Å². The molecule has 0 bridgehead atoms. The quantitative estimate of drug-likeness (QED) is 0.848. The number of nitrogens with one attached hydrogen (secondary N) is 1. The van der Waals surface area contributed by atoms with Gasteiger partial charge in [0, 0.05) is 5.56 Å². The molecule has 146 valence electrons. The minimum absolute atomic E-state index is 0.0178. The van der Waals surface area contributed by atoms with Crippen LogP contribution < -0.4 is 5.32 Å². The van der Waals surface area contributed by atoms with Gasteiger partial charge in [0.25, 0.3) is 11.8 Å². The highest BCUT2D eigenvalue weighted by molar-refractivity contribution is 5.98. The maximum absolute atomic E-state index is 12.7. The summed E-state index contributed by atoms with van der Waals surface area (Å²) in [7, 11) is 0. The van der Waals surface area contributed by atoms with Gasteiger partial charge in [0.15, 0.2) is 6.61 Å². The van der Waals surface area contributed by atoms with Crippen molar-refractivity contribution in [2.24, 2.45) is 0 Å². The molecule has 1 N–H and O–H groups in total. The largest absolute Gasteiger partial charge is 0.439 e. The molecule has 1 atom stereocenters. The number of carbonyl (C=O) groups is 3. The molecule has 0 aliphatic carbocycles. The number of amides is 3. The third-order valence-corrected chi connectivity index (χ3v) is 4.19. The van der Waals surface area contributed by atoms with Crippen LogP contribution in [-0.2, 0) is 15.7 Å². The number of imide groups is 1. The summed E-state index contributed by atoms with van der Waals surface area (Å²) in [6.07, 6.45) is -5.31. The molecule has 2 aromatic carbocycles. The zero-order valence-corrected chi connectivity index (χ0v) is 14.4. The summed E-state index contributed by atoms with van der Waals surface area (Å²) < 4.78 is 42.7. The fourth-order valence-corrected chi connectivity index (χ4v) is 2.71. The van der Waals surface area contributed by atoms with Crippen molar-refractivity contribution >= 4 is 17.9 Å². The lowest BCUT2D eigenvalue weighted by Crippen LogP contribution is -2.40. The van der Waals surface area contributed by atoms with Crippen molar-refractivity contribution in [2.45, 2.75) is 12.2 Å². The van der Waals surface area contributed by atoms with E-state index in [-0.39, 0.29) is 18.7 Å². The third kappa shape index (κ3) is 4.30. The second-order valence-corrected chi connectivity index (χ2v) is 6.07. The zero-order chi connectivity index (χ0) is 20.3. The Morgan fingerprint density at radius 2 is 1.71 bits per heavy atom. The SMILES string of the molecule is O=C(N[C@@H](CN1C(=O)COC1=O)c1ccccc1)c1ccc(C(F)(F)F)cc1. The predicted molar refractivity (Wildman–Crippen MR) is 91.2 cm³/mol. The molecular weight excluding hydrogens is 377 g/mol. The molecule has 1 saturated heterocycles. The topological polar surface area (TPSA) is 75.7 Å². The Balaban J connectivity index is 1.80. The molecule has 6 nitrogen and oxygen atoms in total. The van der Waals surface area contributed by atoms with Crippen LogP contribution in [0.1, 0.15) is 27.5 Å². The molecule has 2 aromatic rings. The van der Waals surface area contributed by atoms with Crippen LogP contribution in [-0.4, -0.2) is 36.0 Å². The average molecular weight is 392 g/mol. The molecule has 0 aromatic heterocycles. The van der Waals surface area contributed by atoms with E-state index in [2.05, 4.69) is 10.1 Å². The van der Waals surface area contributed by atoms with E-state index in [0.717, 1.165) is 29.2 Å². The normalized spacial score (nSPS) is 15.3. The molecule has 28 heavy (non-hydrogen) atoms. The number of nitrogens with zero attached hydrogens (tertiary/aromatic N) is 1. The molecule has 3 amide bonds. The van der Waals surface area contributed by atoms with E-state index >= 15 is 0 Å². The highest BCUT2D eigenvalue weighted by Gasteiger charge is 2.34. The van der Waals surface area contributed by atoms with E-state index in [0.29, 0.717) is 5.56 Å². The fourth-order valence-electron chi connectivity index (χ4n) is 2.71. The number of hydrogen-bond acceptors (Lipinski definition) is 4. The van der Waals surface area contributed by atoms with Crippen molar-refractivity contribution in [1.29, 1.82) is 0 Å². The summed E-state index contributed by atoms with van der Waals surface area (Å²) >= 11 is 0. The Morgan fingerprint density at radius 3 is 2.25 bits per heavy atom. The Labute approximate surface area is 157 Å². The molecule has 1 aliphatic heterocycles. The summed E-state index contributed by atoms with van der Waals surface area (Å²) in [6, 6.07) is 11.6. The van der Waals surface area contributed by atoms with Crippen LogP contribution in [0.2, 0.25) is 0 Å². The van der Waals surface area contributed by atoms with E-state index in [1.807, 2.05) is 0 Å². The van der Waals surface area contributed by atoms with Gasteiger partial charge in [-0.3, -0.25) is 9.59 Å². The van der Waals surface area contributed by atoms with E-state index in [4.69, 9.17) is 0 Å². The molecule has 3 rings (SSSR count). The first-order valence-corrected chi connectivity index (χ1v) is 8.26. The van der Waals surface area contributed by atoms with Crippen molar-refractivity contribution in [3.05, 3.63) is 71.3 Å². The summed E-state index contributed by atoms with van der Waals surface area (Å²) in [6.45, 7) is -0.527. The molecule has 1 aliphatic rings. The molecule has 0 spiro atoms. The molecule has 1 heterocycles. The number of hydrogen-bond donors (Lipinski definition) is 1. The number of cyclic esters (lactones) is 1. The molecule has 0 saturated carbocycles. The monoisotopic (exact) mass is 392 g/mol. The van der Waals surface area contributed by atoms with Crippen LogP contribution in [0.5, 0.6) is 0 Å². The van der Waals surface area contributed by atoms with Gasteiger partial charge in [0.2, 0.25) is 0 Å². The average Bonchev–Trinajstić information content (AvgIpc) is 2.99. The number of alkyl halides is 3. The van der Waals surface area contributed by atoms with Gasteiger partial charge in [-0.1, -0.05) is 30.3 Å². The van der Waals surface area contributed by atoms with Crippen molar-refractivity contribution in [2.75, 3.05) is 13.2 Å². The van der Waals surface area contributed by atoms with Crippen LogP contribution in [0.4, 0.5) is 18.0 Å². The summed E-state index contributed by atoms with van der Waals surface area (Å²) in [4.78, 5) is 36.9. The van der Waals surface area contributed by atoms with Crippen LogP contribution in [0.15, 0.2) is 54.6 Å². The van der Waals surface area contributed by atoms with Crippen molar-refractivity contribution in [3.63, 3.8) is 0 Å². The Morgan fingerprint density at radius 1 is 1.07 bits per heavy atom. The lowest BCUT2D eigenvalue weighted by atomic mass is 10.0. The Kier molecular flexibility index (Phi) is 5.34. The van der Waals surface area contributed by atoms with Gasteiger partial charge in [-0.15, -0.1) is 0 Å². The number of carbonyl (C=O) groups excluding carboxylic acids is 3. The number of benzene rings is 2. The lowest BCUT2D eigenvalue weighted by molar-refractivity contribution is -0.137. The standard InChI is InChI=1S/C19H15F3N2O4/c20-19(21,22)14-8-6-13(7-9-14)17(26)23-15(12-4-2-1-3-5-12)10-24-16(25)11-28-18(24)27/h1-9,15H,10-11H2,(H,23,26)/t15-/m0/s1. The van der Waals surface area contributed by atoms with Crippen LogP contribution >= 0.6 is 0 Å². The predicted octanol–water partition coefficient (Wildman–Crippen LogP) is 3.16. The third-order valence-electron chi connectivity index (χ3n) is 4.19.